The van der Waals surface area contributed by atoms with Crippen LogP contribution in [-0.2, 0) is 27.3 Å². The fourth-order valence-corrected chi connectivity index (χ4v) is 4.00. The van der Waals surface area contributed by atoms with Crippen molar-refractivity contribution in [3.8, 4) is 0 Å². The van der Waals surface area contributed by atoms with E-state index in [1.54, 1.807) is 15.9 Å². The van der Waals surface area contributed by atoms with E-state index in [1.165, 1.54) is 6.33 Å². The van der Waals surface area contributed by atoms with Crippen LogP contribution in [-0.4, -0.2) is 63.1 Å². The van der Waals surface area contributed by atoms with Crippen molar-refractivity contribution in [1.82, 2.24) is 30.3 Å². The van der Waals surface area contributed by atoms with Gasteiger partial charge in [0.05, 0.1) is 12.0 Å². The molecule has 152 valence electrons. The first-order valence-corrected chi connectivity index (χ1v) is 9.79. The third-order valence-electron chi connectivity index (χ3n) is 5.55. The van der Waals surface area contributed by atoms with Crippen molar-refractivity contribution in [1.29, 1.82) is 0 Å². The second-order valence-corrected chi connectivity index (χ2v) is 7.71. The first-order valence-electron chi connectivity index (χ1n) is 9.79. The summed E-state index contributed by atoms with van der Waals surface area (Å²) < 4.78 is 1.66. The quantitative estimate of drug-likeness (QED) is 0.671. The molecule has 4 rings (SSSR count). The summed E-state index contributed by atoms with van der Waals surface area (Å²) in [5.41, 5.74) is 0.391. The summed E-state index contributed by atoms with van der Waals surface area (Å²) in [5, 5.41) is 9.73. The van der Waals surface area contributed by atoms with E-state index in [4.69, 9.17) is 0 Å². The van der Waals surface area contributed by atoms with Gasteiger partial charge >= 0.3 is 0 Å². The molecule has 9 heteroatoms. The summed E-state index contributed by atoms with van der Waals surface area (Å²) in [5.74, 6) is -0.263. The number of nitrogens with one attached hydrogen (secondary N) is 2. The molecule has 2 aromatic rings. The molecule has 0 spiro atoms. The number of hydrogen-bond donors (Lipinski definition) is 2. The highest BCUT2D eigenvalue weighted by atomic mass is 16.2. The Bertz CT molecular complexity index is 877. The molecular weight excluding hydrogens is 372 g/mol. The Kier molecular flexibility index (Phi) is 5.28. The average molecular weight is 396 g/mol. The molecule has 3 heterocycles. The van der Waals surface area contributed by atoms with Crippen LogP contribution in [0.15, 0.2) is 43.0 Å². The number of likely N-dealkylation sites (tertiary alicyclic amines) is 1. The lowest BCUT2D eigenvalue weighted by atomic mass is 9.73. The van der Waals surface area contributed by atoms with Crippen LogP contribution in [0.1, 0.15) is 18.4 Å². The van der Waals surface area contributed by atoms with Crippen molar-refractivity contribution in [3.63, 3.8) is 0 Å². The Labute approximate surface area is 168 Å². The molecule has 0 aliphatic carbocycles. The van der Waals surface area contributed by atoms with Crippen molar-refractivity contribution in [2.75, 3.05) is 19.6 Å². The maximum atomic E-state index is 13.1. The van der Waals surface area contributed by atoms with Gasteiger partial charge in [0.2, 0.25) is 17.7 Å². The highest BCUT2D eigenvalue weighted by molar-refractivity contribution is 5.93. The summed E-state index contributed by atoms with van der Waals surface area (Å²) in [4.78, 5) is 42.7. The minimum absolute atomic E-state index is 0.0685. The SMILES string of the molecule is O=C1CCC(C(=O)N2CC(Cc3ccccc3)(C(=O)NCCn3cncn3)C2)N1. The molecule has 1 aromatic carbocycles. The molecule has 1 aromatic heterocycles. The van der Waals surface area contributed by atoms with Crippen LogP contribution in [0.2, 0.25) is 0 Å². The lowest BCUT2D eigenvalue weighted by molar-refractivity contribution is -0.155. The van der Waals surface area contributed by atoms with Crippen LogP contribution in [0.5, 0.6) is 0 Å². The fraction of sp³-hybridized carbons (Fsp3) is 0.450. The molecule has 2 saturated heterocycles. The molecule has 1 atom stereocenters. The summed E-state index contributed by atoms with van der Waals surface area (Å²) in [7, 11) is 0. The topological polar surface area (TPSA) is 109 Å². The lowest BCUT2D eigenvalue weighted by Gasteiger charge is -2.49. The third-order valence-corrected chi connectivity index (χ3v) is 5.55. The molecule has 9 nitrogen and oxygen atoms in total. The second-order valence-electron chi connectivity index (χ2n) is 7.71. The lowest BCUT2D eigenvalue weighted by Crippen LogP contribution is -2.67. The first kappa shape index (κ1) is 19.1. The zero-order chi connectivity index (χ0) is 20.3. The molecule has 0 bridgehead atoms. The van der Waals surface area contributed by atoms with E-state index in [1.807, 2.05) is 30.3 Å². The minimum atomic E-state index is -0.665. The molecule has 0 saturated carbocycles. The van der Waals surface area contributed by atoms with Crippen LogP contribution in [0, 0.1) is 5.41 Å². The first-order chi connectivity index (χ1) is 14.1. The number of aromatic nitrogens is 3. The van der Waals surface area contributed by atoms with E-state index in [0.29, 0.717) is 45.4 Å². The van der Waals surface area contributed by atoms with Gasteiger partial charge in [0, 0.05) is 26.1 Å². The van der Waals surface area contributed by atoms with Crippen LogP contribution in [0.3, 0.4) is 0 Å². The summed E-state index contributed by atoms with van der Waals surface area (Å²) >= 11 is 0. The average Bonchev–Trinajstić information content (AvgIpc) is 3.36. The normalized spacial score (nSPS) is 20.1. The maximum Gasteiger partial charge on any atom is 0.245 e. The minimum Gasteiger partial charge on any atom is -0.354 e. The Balaban J connectivity index is 1.40. The summed E-state index contributed by atoms with van der Waals surface area (Å²) in [6.45, 7) is 1.67. The van der Waals surface area contributed by atoms with Gasteiger partial charge in [-0.05, 0) is 18.4 Å². The molecule has 2 aliphatic rings. The number of carbonyl (C=O) groups is 3. The van der Waals surface area contributed by atoms with Crippen molar-refractivity contribution in [2.45, 2.75) is 31.8 Å². The number of amides is 3. The standard InChI is InChI=1S/C20H24N6O3/c27-17-7-6-16(24-17)18(28)25-11-20(12-25,10-15-4-2-1-3-5-15)19(29)22-8-9-26-14-21-13-23-26/h1-5,13-14,16H,6-12H2,(H,22,29)(H,24,27). The van der Waals surface area contributed by atoms with Crippen molar-refractivity contribution >= 4 is 17.7 Å². The van der Waals surface area contributed by atoms with Gasteiger partial charge in [0.25, 0.3) is 0 Å². The fourth-order valence-electron chi connectivity index (χ4n) is 4.00. The van der Waals surface area contributed by atoms with Crippen molar-refractivity contribution in [3.05, 3.63) is 48.5 Å². The molecular formula is C20H24N6O3. The van der Waals surface area contributed by atoms with Gasteiger partial charge in [-0.1, -0.05) is 30.3 Å². The maximum absolute atomic E-state index is 13.1. The smallest absolute Gasteiger partial charge is 0.245 e. The van der Waals surface area contributed by atoms with Gasteiger partial charge in [-0.25, -0.2) is 4.98 Å². The molecule has 1 unspecified atom stereocenters. The monoisotopic (exact) mass is 396 g/mol. The molecule has 0 radical (unpaired) electrons. The van der Waals surface area contributed by atoms with Gasteiger partial charge in [-0.2, -0.15) is 5.10 Å². The van der Waals surface area contributed by atoms with Crippen molar-refractivity contribution in [2.24, 2.45) is 5.41 Å². The summed E-state index contributed by atoms with van der Waals surface area (Å²) in [6.07, 6.45) is 4.51. The number of carbonyl (C=O) groups excluding carboxylic acids is 3. The third kappa shape index (κ3) is 4.13. The summed E-state index contributed by atoms with van der Waals surface area (Å²) in [6, 6.07) is 9.35. The van der Waals surface area contributed by atoms with E-state index in [0.717, 1.165) is 5.56 Å². The number of benzene rings is 1. The largest absolute Gasteiger partial charge is 0.354 e. The molecule has 2 aliphatic heterocycles. The van der Waals surface area contributed by atoms with E-state index >= 15 is 0 Å². The molecule has 29 heavy (non-hydrogen) atoms. The molecule has 2 fully saturated rings. The predicted octanol–water partition coefficient (Wildman–Crippen LogP) is -0.256. The van der Waals surface area contributed by atoms with Gasteiger partial charge in [-0.3, -0.25) is 19.1 Å². The van der Waals surface area contributed by atoms with E-state index in [9.17, 15) is 14.4 Å². The van der Waals surface area contributed by atoms with Gasteiger partial charge in [0.15, 0.2) is 0 Å². The van der Waals surface area contributed by atoms with E-state index < -0.39 is 11.5 Å². The van der Waals surface area contributed by atoms with Gasteiger partial charge in [-0.15, -0.1) is 0 Å². The van der Waals surface area contributed by atoms with E-state index in [-0.39, 0.29) is 17.7 Å². The Morgan fingerprint density at radius 1 is 1.24 bits per heavy atom. The molecule has 3 amide bonds. The number of rotatable bonds is 7. The zero-order valence-electron chi connectivity index (χ0n) is 16.1. The van der Waals surface area contributed by atoms with Crippen LogP contribution in [0.4, 0.5) is 0 Å². The number of nitrogens with zero attached hydrogens (tertiary/aromatic N) is 4. The van der Waals surface area contributed by atoms with Crippen LogP contribution >= 0.6 is 0 Å². The Hall–Kier alpha value is -3.23. The second kappa shape index (κ2) is 8.02. The van der Waals surface area contributed by atoms with Crippen molar-refractivity contribution < 1.29 is 14.4 Å². The van der Waals surface area contributed by atoms with Gasteiger partial charge in [0.1, 0.15) is 18.7 Å². The Morgan fingerprint density at radius 3 is 2.69 bits per heavy atom. The predicted molar refractivity (Wildman–Crippen MR) is 103 cm³/mol. The van der Waals surface area contributed by atoms with Crippen LogP contribution < -0.4 is 10.6 Å². The zero-order valence-corrected chi connectivity index (χ0v) is 16.1. The highest BCUT2D eigenvalue weighted by Crippen LogP contribution is 2.35. The Morgan fingerprint density at radius 2 is 2.03 bits per heavy atom. The highest BCUT2D eigenvalue weighted by Gasteiger charge is 2.52. The molecule has 2 N–H and O–H groups in total. The van der Waals surface area contributed by atoms with E-state index in [2.05, 4.69) is 20.7 Å². The van der Waals surface area contributed by atoms with Gasteiger partial charge < -0.3 is 15.5 Å². The van der Waals surface area contributed by atoms with Crippen LogP contribution in [0.25, 0.3) is 0 Å². The number of hydrogen-bond acceptors (Lipinski definition) is 5.